The van der Waals surface area contributed by atoms with Crippen LogP contribution in [0.15, 0.2) is 53.3 Å². The van der Waals surface area contributed by atoms with Gasteiger partial charge in [0.25, 0.3) is 6.01 Å². The van der Waals surface area contributed by atoms with Crippen molar-refractivity contribution in [3.05, 3.63) is 60.0 Å². The van der Waals surface area contributed by atoms with E-state index in [1.54, 1.807) is 30.7 Å². The van der Waals surface area contributed by atoms with E-state index in [1.165, 1.54) is 0 Å². The number of anilines is 2. The van der Waals surface area contributed by atoms with Crippen LogP contribution in [0.4, 0.5) is 11.7 Å². The Morgan fingerprint density at radius 1 is 1.27 bits per heavy atom. The van der Waals surface area contributed by atoms with Crippen LogP contribution in [0.2, 0.25) is 0 Å². The lowest BCUT2D eigenvalue weighted by Gasteiger charge is -2.07. The Balaban J connectivity index is 1.87. The lowest BCUT2D eigenvalue weighted by molar-refractivity contribution is 0.100. The molecule has 1 amide bonds. The van der Waals surface area contributed by atoms with E-state index in [0.29, 0.717) is 17.3 Å². The fraction of sp³-hybridized carbons (Fsp3) is 0.0625. The first-order valence-corrected chi connectivity index (χ1v) is 6.67. The Kier molecular flexibility index (Phi) is 3.57. The van der Waals surface area contributed by atoms with Crippen LogP contribution in [0.1, 0.15) is 15.9 Å². The number of oxazole rings is 1. The van der Waals surface area contributed by atoms with Crippen molar-refractivity contribution >= 4 is 17.6 Å². The van der Waals surface area contributed by atoms with E-state index >= 15 is 0 Å². The highest BCUT2D eigenvalue weighted by Crippen LogP contribution is 2.25. The normalized spacial score (nSPS) is 10.4. The van der Waals surface area contributed by atoms with Crippen molar-refractivity contribution in [1.82, 2.24) is 9.97 Å². The van der Waals surface area contributed by atoms with Crippen LogP contribution < -0.4 is 11.1 Å². The largest absolute Gasteiger partial charge is 0.423 e. The number of aryl methyl sites for hydroxylation is 1. The molecule has 2 heterocycles. The van der Waals surface area contributed by atoms with E-state index in [4.69, 9.17) is 10.2 Å². The average molecular weight is 294 g/mol. The van der Waals surface area contributed by atoms with E-state index in [2.05, 4.69) is 15.3 Å². The second kappa shape index (κ2) is 5.69. The first kappa shape index (κ1) is 13.8. The van der Waals surface area contributed by atoms with Crippen molar-refractivity contribution in [3.8, 4) is 11.3 Å². The molecule has 0 radical (unpaired) electrons. The van der Waals surface area contributed by atoms with E-state index in [-0.39, 0.29) is 0 Å². The van der Waals surface area contributed by atoms with E-state index in [9.17, 15) is 4.79 Å². The van der Waals surface area contributed by atoms with Crippen LogP contribution in [0.25, 0.3) is 11.3 Å². The summed E-state index contributed by atoms with van der Waals surface area (Å²) in [6.45, 7) is 1.91. The molecule has 3 aromatic rings. The standard InChI is InChI=1S/C16H14N4O2/c1-10-4-5-11(15(17)21)7-13(10)20-16-19-9-14(22-16)12-3-2-6-18-8-12/h2-9H,1H3,(H2,17,21)(H,19,20). The second-order valence-electron chi connectivity index (χ2n) is 4.79. The van der Waals surface area contributed by atoms with Crippen molar-refractivity contribution in [2.75, 3.05) is 5.32 Å². The summed E-state index contributed by atoms with van der Waals surface area (Å²) >= 11 is 0. The average Bonchev–Trinajstić information content (AvgIpc) is 2.99. The SMILES string of the molecule is Cc1ccc(C(N)=O)cc1Nc1ncc(-c2cccnc2)o1. The van der Waals surface area contributed by atoms with Crippen LogP contribution in [0.3, 0.4) is 0 Å². The third-order valence-electron chi connectivity index (χ3n) is 3.22. The highest BCUT2D eigenvalue weighted by Gasteiger charge is 2.09. The van der Waals surface area contributed by atoms with Gasteiger partial charge >= 0.3 is 0 Å². The number of hydrogen-bond acceptors (Lipinski definition) is 5. The summed E-state index contributed by atoms with van der Waals surface area (Å²) < 4.78 is 5.65. The minimum Gasteiger partial charge on any atom is -0.423 e. The molecule has 0 saturated carbocycles. The molecule has 3 rings (SSSR count). The molecule has 0 bridgehead atoms. The molecule has 3 N–H and O–H groups in total. The Morgan fingerprint density at radius 3 is 2.86 bits per heavy atom. The zero-order chi connectivity index (χ0) is 15.5. The number of carbonyl (C=O) groups excluding carboxylic acids is 1. The number of nitrogens with one attached hydrogen (secondary N) is 1. The van der Waals surface area contributed by atoms with Gasteiger partial charge in [0.2, 0.25) is 5.91 Å². The third kappa shape index (κ3) is 2.80. The van der Waals surface area contributed by atoms with Crippen LogP contribution in [-0.4, -0.2) is 15.9 Å². The zero-order valence-electron chi connectivity index (χ0n) is 11.9. The highest BCUT2D eigenvalue weighted by molar-refractivity contribution is 5.94. The van der Waals surface area contributed by atoms with Crippen molar-refractivity contribution < 1.29 is 9.21 Å². The van der Waals surface area contributed by atoms with Crippen LogP contribution in [0.5, 0.6) is 0 Å². The first-order valence-electron chi connectivity index (χ1n) is 6.67. The Bertz CT molecular complexity index is 812. The van der Waals surface area contributed by atoms with Crippen molar-refractivity contribution in [2.24, 2.45) is 5.73 Å². The van der Waals surface area contributed by atoms with E-state index in [0.717, 1.165) is 16.8 Å². The summed E-state index contributed by atoms with van der Waals surface area (Å²) in [6.07, 6.45) is 5.01. The van der Waals surface area contributed by atoms with Gasteiger partial charge in [0.05, 0.1) is 6.20 Å². The predicted octanol–water partition coefficient (Wildman–Crippen LogP) is 2.89. The molecule has 22 heavy (non-hydrogen) atoms. The van der Waals surface area contributed by atoms with Gasteiger partial charge in [-0.05, 0) is 36.8 Å². The summed E-state index contributed by atoms with van der Waals surface area (Å²) in [5, 5.41) is 3.05. The summed E-state index contributed by atoms with van der Waals surface area (Å²) in [7, 11) is 0. The number of benzene rings is 1. The minimum absolute atomic E-state index is 0.337. The Morgan fingerprint density at radius 2 is 2.14 bits per heavy atom. The molecular weight excluding hydrogens is 280 g/mol. The number of nitrogens with zero attached hydrogens (tertiary/aromatic N) is 2. The molecule has 0 unspecified atom stereocenters. The van der Waals surface area contributed by atoms with Gasteiger partial charge in [0.1, 0.15) is 0 Å². The predicted molar refractivity (Wildman–Crippen MR) is 82.7 cm³/mol. The molecule has 6 nitrogen and oxygen atoms in total. The molecule has 2 aromatic heterocycles. The van der Waals surface area contributed by atoms with Gasteiger partial charge in [-0.15, -0.1) is 0 Å². The number of carbonyl (C=O) groups is 1. The quantitative estimate of drug-likeness (QED) is 0.771. The number of rotatable bonds is 4. The molecular formula is C16H14N4O2. The summed E-state index contributed by atoms with van der Waals surface area (Å²) in [5.41, 5.74) is 8.22. The minimum atomic E-state index is -0.480. The molecule has 0 aliphatic heterocycles. The molecule has 0 fully saturated rings. The smallest absolute Gasteiger partial charge is 0.299 e. The van der Waals surface area contributed by atoms with E-state index in [1.807, 2.05) is 25.1 Å². The van der Waals surface area contributed by atoms with Crippen LogP contribution in [-0.2, 0) is 0 Å². The molecule has 0 saturated heterocycles. The van der Waals surface area contributed by atoms with Gasteiger partial charge in [0.15, 0.2) is 5.76 Å². The van der Waals surface area contributed by atoms with Gasteiger partial charge in [-0.1, -0.05) is 6.07 Å². The van der Waals surface area contributed by atoms with Gasteiger partial charge in [-0.3, -0.25) is 9.78 Å². The van der Waals surface area contributed by atoms with Gasteiger partial charge in [0, 0.05) is 29.2 Å². The molecule has 0 spiro atoms. The fourth-order valence-corrected chi connectivity index (χ4v) is 2.00. The maximum atomic E-state index is 11.3. The monoisotopic (exact) mass is 294 g/mol. The molecule has 6 heteroatoms. The number of nitrogens with two attached hydrogens (primary N) is 1. The van der Waals surface area contributed by atoms with E-state index < -0.39 is 5.91 Å². The second-order valence-corrected chi connectivity index (χ2v) is 4.79. The number of aromatic nitrogens is 2. The Labute approximate surface area is 127 Å². The summed E-state index contributed by atoms with van der Waals surface area (Å²) in [6, 6.07) is 9.21. The molecule has 1 aromatic carbocycles. The van der Waals surface area contributed by atoms with Crippen molar-refractivity contribution in [2.45, 2.75) is 6.92 Å². The number of pyridine rings is 1. The van der Waals surface area contributed by atoms with Gasteiger partial charge in [-0.25, -0.2) is 4.98 Å². The first-order chi connectivity index (χ1) is 10.6. The lowest BCUT2D eigenvalue weighted by atomic mass is 10.1. The fourth-order valence-electron chi connectivity index (χ4n) is 2.00. The maximum Gasteiger partial charge on any atom is 0.299 e. The third-order valence-corrected chi connectivity index (χ3v) is 3.22. The summed E-state index contributed by atoms with van der Waals surface area (Å²) in [5.74, 6) is 0.130. The number of hydrogen-bond donors (Lipinski definition) is 2. The lowest BCUT2D eigenvalue weighted by Crippen LogP contribution is -2.11. The maximum absolute atomic E-state index is 11.3. The molecule has 110 valence electrons. The number of primary amides is 1. The zero-order valence-corrected chi connectivity index (χ0v) is 11.9. The Hall–Kier alpha value is -3.15. The number of amides is 1. The summed E-state index contributed by atoms with van der Waals surface area (Å²) in [4.78, 5) is 19.5. The van der Waals surface area contributed by atoms with Crippen molar-refractivity contribution in [1.29, 1.82) is 0 Å². The molecule has 0 aliphatic rings. The molecule has 0 atom stereocenters. The highest BCUT2D eigenvalue weighted by atomic mass is 16.4. The van der Waals surface area contributed by atoms with Gasteiger partial charge in [-0.2, -0.15) is 0 Å². The topological polar surface area (TPSA) is 94.0 Å². The molecule has 0 aliphatic carbocycles. The van der Waals surface area contributed by atoms with Crippen LogP contribution >= 0.6 is 0 Å². The van der Waals surface area contributed by atoms with Gasteiger partial charge < -0.3 is 15.5 Å². The van der Waals surface area contributed by atoms with Crippen LogP contribution in [0, 0.1) is 6.92 Å². The van der Waals surface area contributed by atoms with Crippen molar-refractivity contribution in [3.63, 3.8) is 0 Å².